The van der Waals surface area contributed by atoms with Gasteiger partial charge in [-0.2, -0.15) is 0 Å². The molecule has 0 radical (unpaired) electrons. The lowest BCUT2D eigenvalue weighted by molar-refractivity contribution is 0.0927. The molecule has 0 spiro atoms. The lowest BCUT2D eigenvalue weighted by Crippen LogP contribution is -2.34. The van der Waals surface area contributed by atoms with Gasteiger partial charge in [-0.1, -0.05) is 6.92 Å². The molecule has 0 aromatic carbocycles. The van der Waals surface area contributed by atoms with Crippen molar-refractivity contribution in [3.8, 4) is 0 Å². The molecule has 2 aromatic heterocycles. The molecule has 0 saturated heterocycles. The first kappa shape index (κ1) is 15.6. The topological polar surface area (TPSA) is 96.9 Å². The van der Waals surface area contributed by atoms with Crippen LogP contribution in [0.1, 0.15) is 33.5 Å². The van der Waals surface area contributed by atoms with Crippen molar-refractivity contribution < 1.29 is 9.59 Å². The van der Waals surface area contributed by atoms with Gasteiger partial charge in [0.1, 0.15) is 5.82 Å². The Balaban J connectivity index is 1.74. The van der Waals surface area contributed by atoms with E-state index in [4.69, 9.17) is 0 Å². The van der Waals surface area contributed by atoms with E-state index in [-0.39, 0.29) is 11.8 Å². The van der Waals surface area contributed by atoms with Crippen molar-refractivity contribution >= 4 is 11.8 Å². The number of pyridine rings is 1. The van der Waals surface area contributed by atoms with Gasteiger partial charge < -0.3 is 10.6 Å². The van der Waals surface area contributed by atoms with E-state index in [1.807, 2.05) is 6.92 Å². The number of amides is 2. The van der Waals surface area contributed by atoms with Gasteiger partial charge in [0.05, 0.1) is 11.1 Å². The minimum Gasteiger partial charge on any atom is -0.350 e. The molecule has 7 nitrogen and oxygen atoms in total. The van der Waals surface area contributed by atoms with Crippen LogP contribution in [0.4, 0.5) is 0 Å². The normalized spacial score (nSPS) is 10.0. The van der Waals surface area contributed by atoms with Crippen LogP contribution in [0.3, 0.4) is 0 Å². The highest BCUT2D eigenvalue weighted by atomic mass is 16.2. The first-order chi connectivity index (χ1) is 10.7. The van der Waals surface area contributed by atoms with E-state index in [9.17, 15) is 9.59 Å². The summed E-state index contributed by atoms with van der Waals surface area (Å²) in [5.74, 6) is 0.205. The van der Waals surface area contributed by atoms with Crippen molar-refractivity contribution in [2.45, 2.75) is 13.3 Å². The quantitative estimate of drug-likeness (QED) is 0.761. The number of nitrogens with zero attached hydrogens (tertiary/aromatic N) is 3. The fourth-order valence-electron chi connectivity index (χ4n) is 1.71. The molecule has 2 heterocycles. The largest absolute Gasteiger partial charge is 0.350 e. The lowest BCUT2D eigenvalue weighted by Gasteiger charge is -2.07. The highest BCUT2D eigenvalue weighted by molar-refractivity contribution is 5.94. The molecule has 0 atom stereocenters. The van der Waals surface area contributed by atoms with Crippen LogP contribution in [0.5, 0.6) is 0 Å². The number of hydrogen-bond acceptors (Lipinski definition) is 5. The Hall–Kier alpha value is -2.83. The molecule has 0 fully saturated rings. The van der Waals surface area contributed by atoms with Crippen LogP contribution in [0.25, 0.3) is 0 Å². The molecule has 22 heavy (non-hydrogen) atoms. The van der Waals surface area contributed by atoms with Gasteiger partial charge >= 0.3 is 0 Å². The Morgan fingerprint density at radius 2 is 1.64 bits per heavy atom. The first-order valence-corrected chi connectivity index (χ1v) is 6.98. The van der Waals surface area contributed by atoms with Crippen molar-refractivity contribution in [2.24, 2.45) is 0 Å². The fourth-order valence-corrected chi connectivity index (χ4v) is 1.71. The van der Waals surface area contributed by atoms with Crippen molar-refractivity contribution in [1.82, 2.24) is 25.6 Å². The van der Waals surface area contributed by atoms with Gasteiger partial charge in [-0.15, -0.1) is 0 Å². The van der Waals surface area contributed by atoms with E-state index in [1.54, 1.807) is 18.3 Å². The standard InChI is InChI=1S/C15H17N5O2/c1-2-13-19-9-12(10-20-13)15(22)18-7-6-17-14(21)11-4-3-5-16-8-11/h3-5,8-10H,2,6-7H2,1H3,(H,17,21)(H,18,22). The summed E-state index contributed by atoms with van der Waals surface area (Å²) >= 11 is 0. The van der Waals surface area contributed by atoms with Gasteiger partial charge in [0.15, 0.2) is 0 Å². The van der Waals surface area contributed by atoms with Crippen LogP contribution in [-0.4, -0.2) is 39.9 Å². The minimum atomic E-state index is -0.265. The van der Waals surface area contributed by atoms with E-state index in [0.29, 0.717) is 30.0 Å². The highest BCUT2D eigenvalue weighted by Crippen LogP contribution is 1.97. The van der Waals surface area contributed by atoms with E-state index in [1.165, 1.54) is 18.6 Å². The molecule has 114 valence electrons. The summed E-state index contributed by atoms with van der Waals surface area (Å²) < 4.78 is 0. The van der Waals surface area contributed by atoms with Crippen molar-refractivity contribution in [3.05, 3.63) is 53.9 Å². The summed E-state index contributed by atoms with van der Waals surface area (Å²) in [6, 6.07) is 3.37. The molecule has 0 aliphatic heterocycles. The Labute approximate surface area is 128 Å². The van der Waals surface area contributed by atoms with Crippen molar-refractivity contribution in [2.75, 3.05) is 13.1 Å². The average molecular weight is 299 g/mol. The summed E-state index contributed by atoms with van der Waals surface area (Å²) in [5, 5.41) is 5.39. The Bertz CT molecular complexity index is 628. The zero-order valence-electron chi connectivity index (χ0n) is 12.2. The maximum atomic E-state index is 11.8. The zero-order chi connectivity index (χ0) is 15.8. The summed E-state index contributed by atoms with van der Waals surface area (Å²) in [6.07, 6.45) is 6.80. The second-order valence-corrected chi connectivity index (χ2v) is 4.50. The third kappa shape index (κ3) is 4.34. The molecule has 0 aliphatic carbocycles. The van der Waals surface area contributed by atoms with E-state index in [2.05, 4.69) is 25.6 Å². The number of aromatic nitrogens is 3. The van der Waals surface area contributed by atoms with Crippen LogP contribution in [0, 0.1) is 0 Å². The maximum absolute atomic E-state index is 11.8. The van der Waals surface area contributed by atoms with Gasteiger partial charge in [0, 0.05) is 44.3 Å². The molecule has 0 saturated carbocycles. The number of carbonyl (C=O) groups excluding carboxylic acids is 2. The van der Waals surface area contributed by atoms with Gasteiger partial charge in [0.25, 0.3) is 11.8 Å². The summed E-state index contributed by atoms with van der Waals surface area (Å²) in [5.41, 5.74) is 0.883. The van der Waals surface area contributed by atoms with E-state index >= 15 is 0 Å². The van der Waals surface area contributed by atoms with Crippen LogP contribution < -0.4 is 10.6 Å². The smallest absolute Gasteiger partial charge is 0.254 e. The van der Waals surface area contributed by atoms with Gasteiger partial charge in [-0.3, -0.25) is 14.6 Å². The third-order valence-electron chi connectivity index (χ3n) is 2.90. The van der Waals surface area contributed by atoms with Crippen LogP contribution >= 0.6 is 0 Å². The average Bonchev–Trinajstić information content (AvgIpc) is 2.59. The molecule has 0 bridgehead atoms. The molecular weight excluding hydrogens is 282 g/mol. The first-order valence-electron chi connectivity index (χ1n) is 6.98. The lowest BCUT2D eigenvalue weighted by atomic mass is 10.3. The summed E-state index contributed by atoms with van der Waals surface area (Å²) in [6.45, 7) is 2.59. The number of carbonyl (C=O) groups is 2. The second-order valence-electron chi connectivity index (χ2n) is 4.50. The second kappa shape index (κ2) is 7.82. The number of nitrogens with one attached hydrogen (secondary N) is 2. The molecule has 2 aromatic rings. The molecule has 0 unspecified atom stereocenters. The third-order valence-corrected chi connectivity index (χ3v) is 2.90. The predicted molar refractivity (Wildman–Crippen MR) is 80.3 cm³/mol. The van der Waals surface area contributed by atoms with Crippen LogP contribution in [-0.2, 0) is 6.42 Å². The SMILES string of the molecule is CCc1ncc(C(=O)NCCNC(=O)c2cccnc2)cn1. The molecule has 2 rings (SSSR count). The predicted octanol–water partition coefficient (Wildman–Crippen LogP) is 0.594. The summed E-state index contributed by atoms with van der Waals surface area (Å²) in [4.78, 5) is 35.6. The zero-order valence-corrected chi connectivity index (χ0v) is 12.2. The van der Waals surface area contributed by atoms with Gasteiger partial charge in [-0.25, -0.2) is 9.97 Å². The molecule has 0 aliphatic rings. The Morgan fingerprint density at radius 1 is 1.00 bits per heavy atom. The molecule has 2 amide bonds. The Morgan fingerprint density at radius 3 is 2.18 bits per heavy atom. The van der Waals surface area contributed by atoms with Crippen molar-refractivity contribution in [3.63, 3.8) is 0 Å². The van der Waals surface area contributed by atoms with Crippen LogP contribution in [0.2, 0.25) is 0 Å². The van der Waals surface area contributed by atoms with E-state index < -0.39 is 0 Å². The molecular formula is C15H17N5O2. The van der Waals surface area contributed by atoms with Gasteiger partial charge in [0.2, 0.25) is 0 Å². The fraction of sp³-hybridized carbons (Fsp3) is 0.267. The Kier molecular flexibility index (Phi) is 5.53. The summed E-state index contributed by atoms with van der Waals surface area (Å²) in [7, 11) is 0. The van der Waals surface area contributed by atoms with Crippen LogP contribution in [0.15, 0.2) is 36.9 Å². The molecule has 7 heteroatoms. The van der Waals surface area contributed by atoms with E-state index in [0.717, 1.165) is 6.42 Å². The highest BCUT2D eigenvalue weighted by Gasteiger charge is 2.07. The number of rotatable bonds is 6. The van der Waals surface area contributed by atoms with Gasteiger partial charge in [-0.05, 0) is 12.1 Å². The minimum absolute atomic E-state index is 0.224. The monoisotopic (exact) mass is 299 g/mol. The van der Waals surface area contributed by atoms with Crippen molar-refractivity contribution in [1.29, 1.82) is 0 Å². The number of hydrogen-bond donors (Lipinski definition) is 2. The molecule has 2 N–H and O–H groups in total. The maximum Gasteiger partial charge on any atom is 0.254 e. The number of aryl methyl sites for hydroxylation is 1.